The maximum Gasteiger partial charge on any atom is 0.152 e. The van der Waals surface area contributed by atoms with Gasteiger partial charge in [-0.25, -0.2) is 4.68 Å². The minimum atomic E-state index is 0.626. The summed E-state index contributed by atoms with van der Waals surface area (Å²) in [6, 6.07) is 7.37. The van der Waals surface area contributed by atoms with E-state index in [1.165, 1.54) is 0 Å². The molecular formula is C11H9BrN2O. The predicted molar refractivity (Wildman–Crippen MR) is 61.4 cm³/mol. The Morgan fingerprint density at radius 1 is 1.40 bits per heavy atom. The monoisotopic (exact) mass is 264 g/mol. The third-order valence-corrected chi connectivity index (χ3v) is 2.58. The Kier molecular flexibility index (Phi) is 2.68. The smallest absolute Gasteiger partial charge is 0.152 e. The first-order valence-corrected chi connectivity index (χ1v) is 5.27. The summed E-state index contributed by atoms with van der Waals surface area (Å²) in [5, 5.41) is 4.27. The molecule has 3 nitrogen and oxygen atoms in total. The van der Waals surface area contributed by atoms with Crippen LogP contribution in [0.1, 0.15) is 16.1 Å². The number of carbonyl (C=O) groups is 1. The lowest BCUT2D eigenvalue weighted by Gasteiger charge is -2.05. The fraction of sp³-hybridized carbons (Fsp3) is 0.0909. The van der Waals surface area contributed by atoms with E-state index in [9.17, 15) is 4.79 Å². The molecule has 15 heavy (non-hydrogen) atoms. The van der Waals surface area contributed by atoms with Gasteiger partial charge in [-0.15, -0.1) is 0 Å². The molecular weight excluding hydrogens is 256 g/mol. The van der Waals surface area contributed by atoms with Crippen LogP contribution in [-0.2, 0) is 0 Å². The van der Waals surface area contributed by atoms with Crippen LogP contribution >= 0.6 is 15.9 Å². The van der Waals surface area contributed by atoms with Gasteiger partial charge < -0.3 is 0 Å². The van der Waals surface area contributed by atoms with E-state index in [0.717, 1.165) is 22.1 Å². The van der Waals surface area contributed by atoms with Crippen LogP contribution in [0.4, 0.5) is 0 Å². The topological polar surface area (TPSA) is 34.9 Å². The zero-order chi connectivity index (χ0) is 10.8. The van der Waals surface area contributed by atoms with Crippen LogP contribution in [0.15, 0.2) is 34.9 Å². The minimum Gasteiger partial charge on any atom is -0.298 e. The summed E-state index contributed by atoms with van der Waals surface area (Å²) in [7, 11) is 0. The number of aryl methyl sites for hydroxylation is 1. The van der Waals surface area contributed by atoms with Crippen LogP contribution in [0.5, 0.6) is 0 Å². The van der Waals surface area contributed by atoms with Gasteiger partial charge in [-0.05, 0) is 31.2 Å². The van der Waals surface area contributed by atoms with Gasteiger partial charge in [0.1, 0.15) is 0 Å². The summed E-state index contributed by atoms with van der Waals surface area (Å²) in [5.74, 6) is 0. The quantitative estimate of drug-likeness (QED) is 0.782. The molecule has 1 aromatic carbocycles. The molecule has 0 saturated heterocycles. The Balaban J connectivity index is 2.59. The number of rotatable bonds is 2. The second-order valence-electron chi connectivity index (χ2n) is 3.22. The Morgan fingerprint density at radius 3 is 2.80 bits per heavy atom. The van der Waals surface area contributed by atoms with Crippen molar-refractivity contribution in [1.29, 1.82) is 0 Å². The van der Waals surface area contributed by atoms with E-state index in [1.807, 2.05) is 31.3 Å². The second kappa shape index (κ2) is 3.98. The van der Waals surface area contributed by atoms with E-state index in [0.29, 0.717) is 5.56 Å². The molecule has 1 aromatic heterocycles. The molecule has 2 aromatic rings. The Bertz CT molecular complexity index is 505. The average molecular weight is 265 g/mol. The van der Waals surface area contributed by atoms with Crippen molar-refractivity contribution in [3.8, 4) is 5.69 Å². The van der Waals surface area contributed by atoms with Gasteiger partial charge in [0.15, 0.2) is 6.29 Å². The van der Waals surface area contributed by atoms with E-state index < -0.39 is 0 Å². The van der Waals surface area contributed by atoms with Crippen LogP contribution in [0.3, 0.4) is 0 Å². The van der Waals surface area contributed by atoms with Gasteiger partial charge in [-0.2, -0.15) is 5.10 Å². The maximum atomic E-state index is 10.9. The summed E-state index contributed by atoms with van der Waals surface area (Å²) >= 11 is 3.37. The zero-order valence-electron chi connectivity index (χ0n) is 8.14. The summed E-state index contributed by atoms with van der Waals surface area (Å²) < 4.78 is 2.63. The molecule has 0 amide bonds. The third kappa shape index (κ3) is 1.99. The lowest BCUT2D eigenvalue weighted by molar-refractivity contribution is 0.112. The van der Waals surface area contributed by atoms with Crippen molar-refractivity contribution >= 4 is 22.2 Å². The molecule has 76 valence electrons. The van der Waals surface area contributed by atoms with Crippen molar-refractivity contribution in [3.05, 3.63) is 46.2 Å². The lowest BCUT2D eigenvalue weighted by Crippen LogP contribution is -1.99. The normalized spacial score (nSPS) is 10.3. The molecule has 0 saturated carbocycles. The molecule has 0 radical (unpaired) electrons. The summed E-state index contributed by atoms with van der Waals surface area (Å²) in [6.45, 7) is 1.91. The van der Waals surface area contributed by atoms with E-state index in [-0.39, 0.29) is 0 Å². The van der Waals surface area contributed by atoms with Gasteiger partial charge in [0, 0.05) is 16.2 Å². The zero-order valence-corrected chi connectivity index (χ0v) is 9.73. The van der Waals surface area contributed by atoms with Crippen LogP contribution in [0.2, 0.25) is 0 Å². The molecule has 0 N–H and O–H groups in total. The van der Waals surface area contributed by atoms with Gasteiger partial charge >= 0.3 is 0 Å². The van der Waals surface area contributed by atoms with E-state index >= 15 is 0 Å². The van der Waals surface area contributed by atoms with E-state index in [1.54, 1.807) is 10.7 Å². The highest BCUT2D eigenvalue weighted by molar-refractivity contribution is 9.10. The highest BCUT2D eigenvalue weighted by Crippen LogP contribution is 2.18. The summed E-state index contributed by atoms with van der Waals surface area (Å²) in [5.41, 5.74) is 2.33. The Morgan fingerprint density at radius 2 is 2.20 bits per heavy atom. The molecule has 1 heterocycles. The van der Waals surface area contributed by atoms with Gasteiger partial charge in [0.05, 0.1) is 11.4 Å². The molecule has 0 atom stereocenters. The van der Waals surface area contributed by atoms with Gasteiger partial charge in [0.25, 0.3) is 0 Å². The number of hydrogen-bond acceptors (Lipinski definition) is 2. The fourth-order valence-electron chi connectivity index (χ4n) is 1.36. The molecule has 0 aliphatic rings. The van der Waals surface area contributed by atoms with Crippen molar-refractivity contribution in [2.24, 2.45) is 0 Å². The van der Waals surface area contributed by atoms with Gasteiger partial charge in [-0.1, -0.05) is 15.9 Å². The molecule has 4 heteroatoms. The number of aromatic nitrogens is 2. The fourth-order valence-corrected chi connectivity index (χ4v) is 1.71. The minimum absolute atomic E-state index is 0.626. The number of halogens is 1. The summed E-state index contributed by atoms with van der Waals surface area (Å²) in [4.78, 5) is 10.9. The average Bonchev–Trinajstić information content (AvgIpc) is 2.65. The maximum absolute atomic E-state index is 10.9. The number of nitrogens with zero attached hydrogens (tertiary/aromatic N) is 2. The number of aldehydes is 1. The molecule has 0 aliphatic heterocycles. The third-order valence-electron chi connectivity index (χ3n) is 2.09. The van der Waals surface area contributed by atoms with Gasteiger partial charge in [-0.3, -0.25) is 4.79 Å². The molecule has 0 spiro atoms. The van der Waals surface area contributed by atoms with Crippen molar-refractivity contribution in [1.82, 2.24) is 9.78 Å². The van der Waals surface area contributed by atoms with Crippen molar-refractivity contribution in [2.75, 3.05) is 0 Å². The molecule has 2 rings (SSSR count). The second-order valence-corrected chi connectivity index (χ2v) is 4.14. The van der Waals surface area contributed by atoms with Crippen LogP contribution in [0.25, 0.3) is 5.69 Å². The Hall–Kier alpha value is -1.42. The molecule has 0 fully saturated rings. The van der Waals surface area contributed by atoms with Crippen LogP contribution in [-0.4, -0.2) is 16.1 Å². The SMILES string of the molecule is Cc1ccn(-c2cc(Br)ccc2C=O)n1. The van der Waals surface area contributed by atoms with Crippen molar-refractivity contribution in [2.45, 2.75) is 6.92 Å². The molecule has 0 aliphatic carbocycles. The van der Waals surface area contributed by atoms with Crippen molar-refractivity contribution < 1.29 is 4.79 Å². The molecule has 0 unspecified atom stereocenters. The lowest BCUT2D eigenvalue weighted by atomic mass is 10.2. The highest BCUT2D eigenvalue weighted by atomic mass is 79.9. The van der Waals surface area contributed by atoms with Crippen LogP contribution < -0.4 is 0 Å². The predicted octanol–water partition coefficient (Wildman–Crippen LogP) is 2.76. The first-order valence-electron chi connectivity index (χ1n) is 4.48. The highest BCUT2D eigenvalue weighted by Gasteiger charge is 2.05. The Labute approximate surface area is 95.9 Å². The number of hydrogen-bond donors (Lipinski definition) is 0. The van der Waals surface area contributed by atoms with Crippen molar-refractivity contribution in [3.63, 3.8) is 0 Å². The largest absolute Gasteiger partial charge is 0.298 e. The van der Waals surface area contributed by atoms with Crippen LogP contribution in [0, 0.1) is 6.92 Å². The van der Waals surface area contributed by atoms with E-state index in [2.05, 4.69) is 21.0 Å². The van der Waals surface area contributed by atoms with E-state index in [4.69, 9.17) is 0 Å². The first kappa shape index (κ1) is 10.1. The summed E-state index contributed by atoms with van der Waals surface area (Å²) in [6.07, 6.45) is 2.67. The number of benzene rings is 1. The number of carbonyl (C=O) groups excluding carboxylic acids is 1. The molecule has 0 bridgehead atoms. The first-order chi connectivity index (χ1) is 7.20. The standard InChI is InChI=1S/C11H9BrN2O/c1-8-4-5-14(13-8)11-6-10(12)3-2-9(11)7-15/h2-7H,1H3. The van der Waals surface area contributed by atoms with Gasteiger partial charge in [0.2, 0.25) is 0 Å².